The zero-order valence-electron chi connectivity index (χ0n) is 14.8. The van der Waals surface area contributed by atoms with E-state index < -0.39 is 17.9 Å². The Kier molecular flexibility index (Phi) is 4.97. The number of carbonyl (C=O) groups excluding carboxylic acids is 3. The quantitative estimate of drug-likeness (QED) is 0.615. The number of hydrogen-bond donors (Lipinski definition) is 1. The molecule has 7 nitrogen and oxygen atoms in total. The van der Waals surface area contributed by atoms with Crippen molar-refractivity contribution in [3.63, 3.8) is 0 Å². The third kappa shape index (κ3) is 3.05. The molecule has 3 amide bonds. The first-order valence-electron chi connectivity index (χ1n) is 8.51. The van der Waals surface area contributed by atoms with Crippen LogP contribution < -0.4 is 15.2 Å². The summed E-state index contributed by atoms with van der Waals surface area (Å²) in [5.41, 5.74) is 6.01. The zero-order chi connectivity index (χ0) is 18.8. The van der Waals surface area contributed by atoms with Gasteiger partial charge >= 0.3 is 0 Å². The number of fused-ring (bicyclic) bond motifs is 1. The molecule has 1 fully saturated rings. The Morgan fingerprint density at radius 3 is 2.58 bits per heavy atom. The Labute approximate surface area is 151 Å². The molecule has 3 atom stereocenters. The molecule has 7 heteroatoms. The lowest BCUT2D eigenvalue weighted by Gasteiger charge is -2.27. The Morgan fingerprint density at radius 1 is 1.23 bits per heavy atom. The summed E-state index contributed by atoms with van der Waals surface area (Å²) in [7, 11) is 3.01. The van der Waals surface area contributed by atoms with E-state index in [0.29, 0.717) is 23.5 Å². The highest BCUT2D eigenvalue weighted by Crippen LogP contribution is 2.41. The standard InChI is InChI=1S/C19H22N2O5/c1-25-15-8-7-11(9-16(15)26-2)14(10-17(20)22)21-18(23)12-5-3-4-6-13(12)19(21)24/h3,5,7-9,12-14H,4,6,10H2,1-2H3,(H2,20,22)/t12-,13+,14?/m1/s1. The molecule has 1 unspecified atom stereocenters. The fraction of sp³-hybridized carbons (Fsp3) is 0.421. The number of nitrogens with two attached hydrogens (primary N) is 1. The molecule has 1 aliphatic carbocycles. The van der Waals surface area contributed by atoms with Crippen molar-refractivity contribution in [1.82, 2.24) is 4.90 Å². The fourth-order valence-corrected chi connectivity index (χ4v) is 3.73. The lowest BCUT2D eigenvalue weighted by molar-refractivity contribution is -0.143. The normalized spacial score (nSPS) is 22.9. The number of rotatable bonds is 6. The van der Waals surface area contributed by atoms with Crippen molar-refractivity contribution in [3.05, 3.63) is 35.9 Å². The van der Waals surface area contributed by atoms with Gasteiger partial charge in [-0.15, -0.1) is 0 Å². The van der Waals surface area contributed by atoms with Gasteiger partial charge in [0.25, 0.3) is 0 Å². The van der Waals surface area contributed by atoms with Gasteiger partial charge in [-0.05, 0) is 30.5 Å². The number of likely N-dealkylation sites (tertiary alicyclic amines) is 1. The van der Waals surface area contributed by atoms with Gasteiger partial charge in [-0.3, -0.25) is 19.3 Å². The molecule has 0 saturated carbocycles. The van der Waals surface area contributed by atoms with Crippen LogP contribution in [-0.2, 0) is 14.4 Å². The highest BCUT2D eigenvalue weighted by atomic mass is 16.5. The van der Waals surface area contributed by atoms with Gasteiger partial charge in [-0.1, -0.05) is 18.2 Å². The fourth-order valence-electron chi connectivity index (χ4n) is 3.73. The van der Waals surface area contributed by atoms with Crippen LogP contribution in [0.3, 0.4) is 0 Å². The molecule has 2 N–H and O–H groups in total. The maximum atomic E-state index is 12.9. The molecule has 0 aromatic heterocycles. The summed E-state index contributed by atoms with van der Waals surface area (Å²) in [5, 5.41) is 0. The summed E-state index contributed by atoms with van der Waals surface area (Å²) in [6.07, 6.45) is 4.98. The second kappa shape index (κ2) is 7.19. The second-order valence-corrected chi connectivity index (χ2v) is 6.48. The Hall–Kier alpha value is -2.83. The van der Waals surface area contributed by atoms with Gasteiger partial charge in [-0.25, -0.2) is 0 Å². The van der Waals surface area contributed by atoms with Crippen molar-refractivity contribution in [1.29, 1.82) is 0 Å². The first-order valence-corrected chi connectivity index (χ1v) is 8.51. The average Bonchev–Trinajstić information content (AvgIpc) is 2.90. The number of imide groups is 1. The van der Waals surface area contributed by atoms with Crippen LogP contribution in [0.2, 0.25) is 0 Å². The molecule has 1 heterocycles. The molecule has 1 aromatic rings. The average molecular weight is 358 g/mol. The van der Waals surface area contributed by atoms with Crippen LogP contribution in [0.15, 0.2) is 30.4 Å². The van der Waals surface area contributed by atoms with E-state index in [9.17, 15) is 14.4 Å². The number of nitrogens with zero attached hydrogens (tertiary/aromatic N) is 1. The summed E-state index contributed by atoms with van der Waals surface area (Å²) in [6.45, 7) is 0. The number of ether oxygens (including phenoxy) is 2. The third-order valence-corrected chi connectivity index (χ3v) is 5.00. The number of primary amides is 1. The minimum absolute atomic E-state index is 0.143. The number of hydrogen-bond acceptors (Lipinski definition) is 5. The minimum atomic E-state index is -0.758. The third-order valence-electron chi connectivity index (χ3n) is 5.00. The van der Waals surface area contributed by atoms with Crippen LogP contribution in [0.5, 0.6) is 11.5 Å². The van der Waals surface area contributed by atoms with Crippen LogP contribution in [0.25, 0.3) is 0 Å². The molecule has 1 saturated heterocycles. The zero-order valence-corrected chi connectivity index (χ0v) is 14.8. The minimum Gasteiger partial charge on any atom is -0.493 e. The van der Waals surface area contributed by atoms with E-state index in [2.05, 4.69) is 0 Å². The molecule has 0 bridgehead atoms. The highest BCUT2D eigenvalue weighted by Gasteiger charge is 2.49. The van der Waals surface area contributed by atoms with Gasteiger partial charge in [0.15, 0.2) is 11.5 Å². The molecule has 26 heavy (non-hydrogen) atoms. The summed E-state index contributed by atoms with van der Waals surface area (Å²) in [5.74, 6) is -0.950. The van der Waals surface area contributed by atoms with E-state index in [1.54, 1.807) is 24.3 Å². The van der Waals surface area contributed by atoms with Crippen LogP contribution >= 0.6 is 0 Å². The Balaban J connectivity index is 2.01. The van der Waals surface area contributed by atoms with Crippen molar-refractivity contribution < 1.29 is 23.9 Å². The smallest absolute Gasteiger partial charge is 0.237 e. The molecule has 1 aromatic carbocycles. The molecule has 0 spiro atoms. The van der Waals surface area contributed by atoms with Crippen molar-refractivity contribution in [2.45, 2.75) is 25.3 Å². The number of methoxy groups -OCH3 is 2. The first kappa shape index (κ1) is 18.0. The van der Waals surface area contributed by atoms with Crippen LogP contribution in [0.1, 0.15) is 30.9 Å². The van der Waals surface area contributed by atoms with Gasteiger partial charge in [0, 0.05) is 0 Å². The van der Waals surface area contributed by atoms with Crippen molar-refractivity contribution >= 4 is 17.7 Å². The van der Waals surface area contributed by atoms with Crippen molar-refractivity contribution in [3.8, 4) is 11.5 Å². The van der Waals surface area contributed by atoms with Gasteiger partial charge in [-0.2, -0.15) is 0 Å². The first-order chi connectivity index (χ1) is 12.5. The lowest BCUT2D eigenvalue weighted by Crippen LogP contribution is -2.37. The van der Waals surface area contributed by atoms with Gasteiger partial charge < -0.3 is 15.2 Å². The predicted molar refractivity (Wildman–Crippen MR) is 93.3 cm³/mol. The van der Waals surface area contributed by atoms with Gasteiger partial charge in [0.1, 0.15) is 0 Å². The van der Waals surface area contributed by atoms with E-state index in [0.717, 1.165) is 6.42 Å². The topological polar surface area (TPSA) is 98.9 Å². The predicted octanol–water partition coefficient (Wildman–Crippen LogP) is 1.57. The molecule has 0 radical (unpaired) electrons. The molecule has 138 valence electrons. The Morgan fingerprint density at radius 2 is 1.96 bits per heavy atom. The molecular weight excluding hydrogens is 336 g/mol. The van der Waals surface area contributed by atoms with E-state index >= 15 is 0 Å². The molecule has 3 rings (SSSR count). The SMILES string of the molecule is COc1ccc(C(CC(N)=O)N2C(=O)[C@H]3CCC=C[C@H]3C2=O)cc1OC. The maximum absolute atomic E-state index is 12.9. The van der Waals surface area contributed by atoms with Crippen LogP contribution in [0.4, 0.5) is 0 Å². The summed E-state index contributed by atoms with van der Waals surface area (Å²) >= 11 is 0. The maximum Gasteiger partial charge on any atom is 0.237 e. The summed E-state index contributed by atoms with van der Waals surface area (Å²) < 4.78 is 10.5. The summed E-state index contributed by atoms with van der Waals surface area (Å²) in [6, 6.07) is 4.31. The van der Waals surface area contributed by atoms with E-state index in [-0.39, 0.29) is 24.2 Å². The number of amides is 3. The Bertz CT molecular complexity index is 773. The van der Waals surface area contributed by atoms with Crippen molar-refractivity contribution in [2.24, 2.45) is 17.6 Å². The van der Waals surface area contributed by atoms with Gasteiger partial charge in [0.05, 0.1) is 38.5 Å². The number of allylic oxidation sites excluding steroid dienone is 1. The van der Waals surface area contributed by atoms with E-state index in [1.165, 1.54) is 19.1 Å². The molecule has 1 aliphatic heterocycles. The number of benzene rings is 1. The van der Waals surface area contributed by atoms with Gasteiger partial charge in [0.2, 0.25) is 17.7 Å². The molecule has 2 aliphatic rings. The monoisotopic (exact) mass is 358 g/mol. The summed E-state index contributed by atoms with van der Waals surface area (Å²) in [4.78, 5) is 38.6. The highest BCUT2D eigenvalue weighted by molar-refractivity contribution is 6.06. The van der Waals surface area contributed by atoms with Crippen LogP contribution in [-0.4, -0.2) is 36.8 Å². The van der Waals surface area contributed by atoms with Crippen LogP contribution in [0, 0.1) is 11.8 Å². The number of carbonyl (C=O) groups is 3. The van der Waals surface area contributed by atoms with E-state index in [1.807, 2.05) is 6.08 Å². The second-order valence-electron chi connectivity index (χ2n) is 6.48. The van der Waals surface area contributed by atoms with E-state index in [4.69, 9.17) is 15.2 Å². The largest absolute Gasteiger partial charge is 0.493 e. The molecular formula is C19H22N2O5. The lowest BCUT2D eigenvalue weighted by atomic mass is 9.86. The van der Waals surface area contributed by atoms with Crippen molar-refractivity contribution in [2.75, 3.05) is 14.2 Å².